The van der Waals surface area contributed by atoms with Crippen LogP contribution in [0.3, 0.4) is 0 Å². The number of aromatic nitrogens is 2. The van der Waals surface area contributed by atoms with Gasteiger partial charge in [-0.1, -0.05) is 18.2 Å². The van der Waals surface area contributed by atoms with Crippen molar-refractivity contribution in [2.45, 2.75) is 33.6 Å². The highest BCUT2D eigenvalue weighted by Crippen LogP contribution is 2.23. The number of para-hydroxylation sites is 1. The first-order valence-corrected chi connectivity index (χ1v) is 9.80. The summed E-state index contributed by atoms with van der Waals surface area (Å²) in [4.78, 5) is 26.5. The first-order chi connectivity index (χ1) is 13.5. The van der Waals surface area contributed by atoms with E-state index in [0.717, 1.165) is 48.7 Å². The fourth-order valence-corrected chi connectivity index (χ4v) is 3.61. The molecule has 1 amide bonds. The molecule has 1 aliphatic heterocycles. The minimum absolute atomic E-state index is 0.0483. The monoisotopic (exact) mass is 384 g/mol. The van der Waals surface area contributed by atoms with Crippen molar-refractivity contribution in [3.63, 3.8) is 0 Å². The second kappa shape index (κ2) is 9.01. The summed E-state index contributed by atoms with van der Waals surface area (Å²) in [6.07, 6.45) is 1.46. The average molecular weight is 384 g/mol. The van der Waals surface area contributed by atoms with E-state index >= 15 is 0 Å². The average Bonchev–Trinajstić information content (AvgIpc) is 2.97. The molecule has 2 heterocycles. The molecule has 1 saturated heterocycles. The van der Waals surface area contributed by atoms with Gasteiger partial charge in [0, 0.05) is 0 Å². The summed E-state index contributed by atoms with van der Waals surface area (Å²) < 4.78 is 6.94. The maximum atomic E-state index is 12.6. The largest absolute Gasteiger partial charge is 0.466 e. The lowest BCUT2D eigenvalue weighted by Gasteiger charge is -2.30. The van der Waals surface area contributed by atoms with E-state index in [-0.39, 0.29) is 17.8 Å². The molecule has 3 rings (SSSR count). The van der Waals surface area contributed by atoms with E-state index in [1.165, 1.54) is 0 Å². The van der Waals surface area contributed by atoms with Gasteiger partial charge in [0.25, 0.3) is 0 Å². The van der Waals surface area contributed by atoms with Crippen molar-refractivity contribution < 1.29 is 14.3 Å². The first kappa shape index (κ1) is 20.1. The number of amides is 1. The van der Waals surface area contributed by atoms with Gasteiger partial charge >= 0.3 is 5.97 Å². The molecule has 1 aliphatic rings. The molecule has 0 saturated carbocycles. The highest BCUT2D eigenvalue weighted by molar-refractivity contribution is 5.93. The number of nitrogens with one attached hydrogen (secondary N) is 1. The molecule has 0 radical (unpaired) electrons. The fourth-order valence-electron chi connectivity index (χ4n) is 3.61. The van der Waals surface area contributed by atoms with Crippen LogP contribution in [0.25, 0.3) is 5.69 Å². The van der Waals surface area contributed by atoms with Crippen molar-refractivity contribution in [1.82, 2.24) is 14.7 Å². The molecule has 1 fully saturated rings. The van der Waals surface area contributed by atoms with Gasteiger partial charge in [0.2, 0.25) is 5.91 Å². The van der Waals surface area contributed by atoms with Gasteiger partial charge in [-0.3, -0.25) is 14.5 Å². The Hall–Kier alpha value is -2.67. The van der Waals surface area contributed by atoms with Crippen LogP contribution in [0.5, 0.6) is 0 Å². The number of hydrogen-bond donors (Lipinski definition) is 1. The number of likely N-dealkylation sites (tertiary alicyclic amines) is 1. The molecule has 0 unspecified atom stereocenters. The van der Waals surface area contributed by atoms with Crippen LogP contribution < -0.4 is 5.32 Å². The van der Waals surface area contributed by atoms with Gasteiger partial charge in [-0.2, -0.15) is 5.10 Å². The number of anilines is 1. The van der Waals surface area contributed by atoms with Crippen molar-refractivity contribution in [3.8, 4) is 5.69 Å². The zero-order chi connectivity index (χ0) is 20.1. The topological polar surface area (TPSA) is 76.5 Å². The molecule has 0 spiro atoms. The fraction of sp³-hybridized carbons (Fsp3) is 0.476. The smallest absolute Gasteiger partial charge is 0.309 e. The summed E-state index contributed by atoms with van der Waals surface area (Å²) in [5, 5.41) is 7.58. The maximum absolute atomic E-state index is 12.6. The molecule has 2 aromatic rings. The van der Waals surface area contributed by atoms with Crippen LogP contribution in [0.15, 0.2) is 30.3 Å². The number of piperidine rings is 1. The van der Waals surface area contributed by atoms with Crippen molar-refractivity contribution >= 4 is 17.6 Å². The third-order valence-corrected chi connectivity index (χ3v) is 5.13. The molecule has 150 valence electrons. The van der Waals surface area contributed by atoms with E-state index < -0.39 is 0 Å². The van der Waals surface area contributed by atoms with E-state index in [4.69, 9.17) is 4.74 Å². The Labute approximate surface area is 165 Å². The zero-order valence-corrected chi connectivity index (χ0v) is 16.8. The summed E-state index contributed by atoms with van der Waals surface area (Å²) in [7, 11) is 0. The van der Waals surface area contributed by atoms with E-state index in [0.29, 0.717) is 13.2 Å². The lowest BCUT2D eigenvalue weighted by Crippen LogP contribution is -2.41. The Morgan fingerprint density at radius 3 is 2.50 bits per heavy atom. The van der Waals surface area contributed by atoms with Crippen LogP contribution in [0, 0.1) is 19.8 Å². The first-order valence-electron chi connectivity index (χ1n) is 9.80. The van der Waals surface area contributed by atoms with Gasteiger partial charge in [-0.05, 0) is 58.8 Å². The molecule has 0 bridgehead atoms. The predicted molar refractivity (Wildman–Crippen MR) is 107 cm³/mol. The minimum atomic E-state index is -0.119. The van der Waals surface area contributed by atoms with Gasteiger partial charge < -0.3 is 10.1 Å². The third kappa shape index (κ3) is 4.59. The van der Waals surface area contributed by atoms with E-state index in [2.05, 4.69) is 15.3 Å². The van der Waals surface area contributed by atoms with Crippen LogP contribution in [0.2, 0.25) is 0 Å². The Bertz CT molecular complexity index is 824. The van der Waals surface area contributed by atoms with Crippen LogP contribution in [0.4, 0.5) is 5.69 Å². The van der Waals surface area contributed by atoms with Crippen LogP contribution in [-0.2, 0) is 14.3 Å². The highest BCUT2D eigenvalue weighted by atomic mass is 16.5. The summed E-state index contributed by atoms with van der Waals surface area (Å²) in [6.45, 7) is 7.83. The SMILES string of the molecule is CCOC(=O)C1CCN(CC(=O)Nc2c(C)nn(-c3ccccc3)c2C)CC1. The third-order valence-electron chi connectivity index (χ3n) is 5.13. The summed E-state index contributed by atoms with van der Waals surface area (Å²) >= 11 is 0. The van der Waals surface area contributed by atoms with Crippen LogP contribution in [-0.4, -0.2) is 52.8 Å². The number of ether oxygens (including phenoxy) is 1. The lowest BCUT2D eigenvalue weighted by molar-refractivity contribution is -0.149. The number of nitrogens with zero attached hydrogens (tertiary/aromatic N) is 3. The van der Waals surface area contributed by atoms with Gasteiger partial charge in [-0.15, -0.1) is 0 Å². The van der Waals surface area contributed by atoms with Gasteiger partial charge in [0.05, 0.1) is 41.8 Å². The van der Waals surface area contributed by atoms with E-state index in [1.54, 1.807) is 0 Å². The van der Waals surface area contributed by atoms with Gasteiger partial charge in [0.1, 0.15) is 0 Å². The van der Waals surface area contributed by atoms with Crippen LogP contribution in [0.1, 0.15) is 31.2 Å². The molecular weight excluding hydrogens is 356 g/mol. The van der Waals surface area contributed by atoms with E-state index in [1.807, 2.05) is 55.8 Å². The second-order valence-electron chi connectivity index (χ2n) is 7.14. The molecule has 1 N–H and O–H groups in total. The maximum Gasteiger partial charge on any atom is 0.309 e. The zero-order valence-electron chi connectivity index (χ0n) is 16.8. The number of carbonyl (C=O) groups is 2. The molecule has 1 aromatic carbocycles. The van der Waals surface area contributed by atoms with Gasteiger partial charge in [0.15, 0.2) is 0 Å². The highest BCUT2D eigenvalue weighted by Gasteiger charge is 2.27. The lowest BCUT2D eigenvalue weighted by atomic mass is 9.97. The number of benzene rings is 1. The molecule has 7 nitrogen and oxygen atoms in total. The predicted octanol–water partition coefficient (Wildman–Crippen LogP) is 2.70. The molecule has 1 aromatic heterocycles. The summed E-state index contributed by atoms with van der Waals surface area (Å²) in [6, 6.07) is 9.86. The van der Waals surface area contributed by atoms with Crippen molar-refractivity contribution in [2.75, 3.05) is 31.6 Å². The second-order valence-corrected chi connectivity index (χ2v) is 7.14. The van der Waals surface area contributed by atoms with Crippen LogP contribution >= 0.6 is 0 Å². The standard InChI is InChI=1S/C21H28N4O3/c1-4-28-21(27)17-10-12-24(13-11-17)14-19(26)22-20-15(2)23-25(16(20)3)18-8-6-5-7-9-18/h5-9,17H,4,10-14H2,1-3H3,(H,22,26). The quantitative estimate of drug-likeness (QED) is 0.775. The molecule has 0 aliphatic carbocycles. The van der Waals surface area contributed by atoms with Gasteiger partial charge in [-0.25, -0.2) is 4.68 Å². The minimum Gasteiger partial charge on any atom is -0.466 e. The van der Waals surface area contributed by atoms with Crippen molar-refractivity contribution in [2.24, 2.45) is 5.92 Å². The Morgan fingerprint density at radius 1 is 1.18 bits per heavy atom. The number of aryl methyl sites for hydroxylation is 1. The number of rotatable bonds is 6. The van der Waals surface area contributed by atoms with E-state index in [9.17, 15) is 9.59 Å². The van der Waals surface area contributed by atoms with Crippen molar-refractivity contribution in [3.05, 3.63) is 41.7 Å². The molecule has 28 heavy (non-hydrogen) atoms. The van der Waals surface area contributed by atoms with Crippen molar-refractivity contribution in [1.29, 1.82) is 0 Å². The molecular formula is C21H28N4O3. The molecule has 7 heteroatoms. The number of esters is 1. The number of carbonyl (C=O) groups excluding carboxylic acids is 2. The summed E-state index contributed by atoms with van der Waals surface area (Å²) in [5.74, 6) is -0.229. The number of hydrogen-bond acceptors (Lipinski definition) is 5. The summed E-state index contributed by atoms with van der Waals surface area (Å²) in [5.41, 5.74) is 3.41. The Kier molecular flexibility index (Phi) is 6.46. The molecule has 0 atom stereocenters. The normalized spacial score (nSPS) is 15.4. The Balaban J connectivity index is 1.58. The Morgan fingerprint density at radius 2 is 1.86 bits per heavy atom.